The second-order valence-corrected chi connectivity index (χ2v) is 7.13. The highest BCUT2D eigenvalue weighted by Gasteiger charge is 2.35. The lowest BCUT2D eigenvalue weighted by Crippen LogP contribution is -2.46. The van der Waals surface area contributed by atoms with Gasteiger partial charge in [0.2, 0.25) is 5.91 Å². The van der Waals surface area contributed by atoms with Gasteiger partial charge < -0.3 is 5.32 Å². The molecule has 0 saturated heterocycles. The van der Waals surface area contributed by atoms with E-state index in [2.05, 4.69) is 12.2 Å². The quantitative estimate of drug-likeness (QED) is 0.858. The highest BCUT2D eigenvalue weighted by molar-refractivity contribution is 5.87. The fourth-order valence-electron chi connectivity index (χ4n) is 2.99. The van der Waals surface area contributed by atoms with E-state index in [1.807, 2.05) is 0 Å². The van der Waals surface area contributed by atoms with Crippen molar-refractivity contribution in [3.8, 4) is 0 Å². The molecule has 0 aliphatic heterocycles. The Hall–Kier alpha value is -1.52. The third kappa shape index (κ3) is 4.27. The van der Waals surface area contributed by atoms with Crippen LogP contribution in [0.15, 0.2) is 24.3 Å². The molecule has 1 fully saturated rings. The first-order valence-electron chi connectivity index (χ1n) is 8.09. The second-order valence-electron chi connectivity index (χ2n) is 7.13. The molecular formula is C18H24F3NO. The van der Waals surface area contributed by atoms with Crippen molar-refractivity contribution in [1.29, 1.82) is 0 Å². The minimum absolute atomic E-state index is 0.128. The van der Waals surface area contributed by atoms with Crippen LogP contribution in [0.1, 0.15) is 57.6 Å². The Morgan fingerprint density at radius 3 is 2.22 bits per heavy atom. The van der Waals surface area contributed by atoms with Crippen LogP contribution in [-0.2, 0) is 16.4 Å². The smallest absolute Gasteiger partial charge is 0.353 e. The zero-order chi connectivity index (χ0) is 17.3. The average molecular weight is 327 g/mol. The number of nitrogens with one attached hydrogen (secondary N) is 1. The van der Waals surface area contributed by atoms with Gasteiger partial charge in [-0.3, -0.25) is 4.79 Å². The van der Waals surface area contributed by atoms with Gasteiger partial charge in [-0.25, -0.2) is 0 Å². The molecule has 1 aliphatic carbocycles. The van der Waals surface area contributed by atoms with Gasteiger partial charge >= 0.3 is 6.18 Å². The fraction of sp³-hybridized carbons (Fsp3) is 0.611. The van der Waals surface area contributed by atoms with E-state index in [9.17, 15) is 18.0 Å². The van der Waals surface area contributed by atoms with Crippen LogP contribution in [0.3, 0.4) is 0 Å². The molecule has 0 unspecified atom stereocenters. The van der Waals surface area contributed by atoms with E-state index in [-0.39, 0.29) is 11.9 Å². The molecule has 0 aromatic heterocycles. The SMILES string of the molecule is CC1CCC(NC(=O)C(C)(C)c2cccc(C(F)(F)F)c2)CC1. The van der Waals surface area contributed by atoms with Crippen LogP contribution in [0.25, 0.3) is 0 Å². The van der Waals surface area contributed by atoms with Crippen molar-refractivity contribution >= 4 is 5.91 Å². The van der Waals surface area contributed by atoms with Gasteiger partial charge in [0.05, 0.1) is 11.0 Å². The topological polar surface area (TPSA) is 29.1 Å². The minimum Gasteiger partial charge on any atom is -0.353 e. The number of hydrogen-bond acceptors (Lipinski definition) is 1. The van der Waals surface area contributed by atoms with Gasteiger partial charge in [0.25, 0.3) is 0 Å². The predicted octanol–water partition coefficient (Wildman–Crippen LogP) is 4.68. The van der Waals surface area contributed by atoms with Crippen molar-refractivity contribution in [2.45, 2.75) is 64.1 Å². The first-order chi connectivity index (χ1) is 10.6. The molecule has 1 saturated carbocycles. The van der Waals surface area contributed by atoms with E-state index in [0.29, 0.717) is 11.5 Å². The lowest BCUT2D eigenvalue weighted by atomic mass is 9.81. The predicted molar refractivity (Wildman–Crippen MR) is 84.0 cm³/mol. The molecule has 1 aliphatic rings. The molecular weight excluding hydrogens is 303 g/mol. The maximum atomic E-state index is 12.9. The first-order valence-corrected chi connectivity index (χ1v) is 8.09. The van der Waals surface area contributed by atoms with Crippen LogP contribution < -0.4 is 5.32 Å². The standard InChI is InChI=1S/C18H24F3NO/c1-12-7-9-15(10-8-12)22-16(23)17(2,3)13-5-4-6-14(11-13)18(19,20)21/h4-6,11-12,15H,7-10H2,1-3H3,(H,22,23). The summed E-state index contributed by atoms with van der Waals surface area (Å²) < 4.78 is 38.6. The van der Waals surface area contributed by atoms with E-state index in [1.54, 1.807) is 19.9 Å². The first kappa shape index (κ1) is 17.8. The molecule has 0 radical (unpaired) electrons. The molecule has 2 nitrogen and oxygen atoms in total. The summed E-state index contributed by atoms with van der Waals surface area (Å²) >= 11 is 0. The van der Waals surface area contributed by atoms with Gasteiger partial charge in [-0.05, 0) is 57.1 Å². The number of alkyl halides is 3. The number of benzene rings is 1. The van der Waals surface area contributed by atoms with E-state index < -0.39 is 17.2 Å². The Morgan fingerprint density at radius 2 is 1.65 bits per heavy atom. The van der Waals surface area contributed by atoms with Gasteiger partial charge in [-0.2, -0.15) is 13.2 Å². The van der Waals surface area contributed by atoms with Crippen LogP contribution >= 0.6 is 0 Å². The van der Waals surface area contributed by atoms with Crippen molar-refractivity contribution in [3.05, 3.63) is 35.4 Å². The summed E-state index contributed by atoms with van der Waals surface area (Å²) in [6.45, 7) is 5.54. The minimum atomic E-state index is -4.40. The van der Waals surface area contributed by atoms with Gasteiger partial charge in [0, 0.05) is 6.04 Å². The summed E-state index contributed by atoms with van der Waals surface area (Å²) in [5, 5.41) is 3.02. The van der Waals surface area contributed by atoms with E-state index >= 15 is 0 Å². The highest BCUT2D eigenvalue weighted by atomic mass is 19.4. The molecule has 0 heterocycles. The lowest BCUT2D eigenvalue weighted by Gasteiger charge is -2.31. The zero-order valence-corrected chi connectivity index (χ0v) is 13.8. The van der Waals surface area contributed by atoms with Crippen molar-refractivity contribution < 1.29 is 18.0 Å². The summed E-state index contributed by atoms with van der Waals surface area (Å²) in [5.41, 5.74) is -1.33. The van der Waals surface area contributed by atoms with Gasteiger partial charge in [-0.15, -0.1) is 0 Å². The summed E-state index contributed by atoms with van der Waals surface area (Å²) in [5.74, 6) is 0.469. The molecule has 0 atom stereocenters. The third-order valence-corrected chi connectivity index (χ3v) is 4.83. The van der Waals surface area contributed by atoms with Crippen LogP contribution in [0.5, 0.6) is 0 Å². The van der Waals surface area contributed by atoms with Crippen molar-refractivity contribution in [1.82, 2.24) is 5.32 Å². The summed E-state index contributed by atoms with van der Waals surface area (Å²) in [6.07, 6.45) is -0.372. The van der Waals surface area contributed by atoms with Gasteiger partial charge in [0.15, 0.2) is 0 Å². The van der Waals surface area contributed by atoms with Crippen molar-refractivity contribution in [2.75, 3.05) is 0 Å². The number of rotatable bonds is 3. The van der Waals surface area contributed by atoms with Crippen LogP contribution in [-0.4, -0.2) is 11.9 Å². The molecule has 0 bridgehead atoms. The fourth-order valence-corrected chi connectivity index (χ4v) is 2.99. The molecule has 1 aromatic carbocycles. The summed E-state index contributed by atoms with van der Waals surface area (Å²) in [7, 11) is 0. The Labute approximate surface area is 135 Å². The molecule has 1 N–H and O–H groups in total. The molecule has 0 spiro atoms. The Bertz CT molecular complexity index is 558. The van der Waals surface area contributed by atoms with Gasteiger partial charge in [-0.1, -0.05) is 25.1 Å². The summed E-state index contributed by atoms with van der Waals surface area (Å²) in [6, 6.07) is 5.17. The number of carbonyl (C=O) groups excluding carboxylic acids is 1. The monoisotopic (exact) mass is 327 g/mol. The third-order valence-electron chi connectivity index (χ3n) is 4.83. The Balaban J connectivity index is 2.12. The highest BCUT2D eigenvalue weighted by Crippen LogP contribution is 2.33. The van der Waals surface area contributed by atoms with Crippen LogP contribution in [0, 0.1) is 5.92 Å². The number of halogens is 3. The molecule has 2 rings (SSSR count). The Kier molecular flexibility index (Phi) is 5.07. The van der Waals surface area contributed by atoms with Crippen molar-refractivity contribution in [2.24, 2.45) is 5.92 Å². The molecule has 1 amide bonds. The average Bonchev–Trinajstić information content (AvgIpc) is 2.49. The number of carbonyl (C=O) groups is 1. The maximum Gasteiger partial charge on any atom is 0.416 e. The molecule has 5 heteroatoms. The molecule has 23 heavy (non-hydrogen) atoms. The Morgan fingerprint density at radius 1 is 1.09 bits per heavy atom. The largest absolute Gasteiger partial charge is 0.416 e. The van der Waals surface area contributed by atoms with E-state index in [1.165, 1.54) is 6.07 Å². The molecule has 1 aromatic rings. The lowest BCUT2D eigenvalue weighted by molar-refractivity contribution is -0.138. The van der Waals surface area contributed by atoms with E-state index in [4.69, 9.17) is 0 Å². The zero-order valence-electron chi connectivity index (χ0n) is 13.8. The molecule has 128 valence electrons. The number of amides is 1. The van der Waals surface area contributed by atoms with E-state index in [0.717, 1.165) is 37.8 Å². The van der Waals surface area contributed by atoms with Crippen LogP contribution in [0.4, 0.5) is 13.2 Å². The second kappa shape index (κ2) is 6.54. The normalized spacial score (nSPS) is 22.7. The number of hydrogen-bond donors (Lipinski definition) is 1. The van der Waals surface area contributed by atoms with Crippen molar-refractivity contribution in [3.63, 3.8) is 0 Å². The van der Waals surface area contributed by atoms with Crippen LogP contribution in [0.2, 0.25) is 0 Å². The summed E-state index contributed by atoms with van der Waals surface area (Å²) in [4.78, 5) is 12.6. The van der Waals surface area contributed by atoms with Gasteiger partial charge in [0.1, 0.15) is 0 Å². The maximum absolute atomic E-state index is 12.9.